The number of likely N-dealkylation sites (tertiary alicyclic amines) is 2. The van der Waals surface area contributed by atoms with E-state index in [2.05, 4.69) is 5.32 Å². The van der Waals surface area contributed by atoms with Gasteiger partial charge >= 0.3 is 17.9 Å². The molecule has 6 N–H and O–H groups in total. The summed E-state index contributed by atoms with van der Waals surface area (Å²) in [7, 11) is 0. The number of carboxylic acids is 3. The van der Waals surface area contributed by atoms with E-state index < -0.39 is 66.2 Å². The summed E-state index contributed by atoms with van der Waals surface area (Å²) in [5.41, 5.74) is 5.81. The standard InChI is InChI=1S/C19H28N4O9/c20-10(5-6-14(24)25)17(29)23-8-2-4-13(23)18(30)22-7-1-3-12(22)16(28)21-11(19(31)32)9-15(26)27/h10-13H,1-9,20H2,(H,21,28)(H,24,25)(H,26,27)(H,31,32). The van der Waals surface area contributed by atoms with Crippen molar-refractivity contribution in [2.75, 3.05) is 13.1 Å². The van der Waals surface area contributed by atoms with Crippen molar-refractivity contribution < 1.29 is 44.1 Å². The minimum atomic E-state index is -1.63. The lowest BCUT2D eigenvalue weighted by Crippen LogP contribution is -2.56. The van der Waals surface area contributed by atoms with Crippen molar-refractivity contribution in [3.63, 3.8) is 0 Å². The second-order valence-electron chi connectivity index (χ2n) is 7.92. The normalized spacial score (nSPS) is 22.3. The molecule has 0 saturated carbocycles. The minimum Gasteiger partial charge on any atom is -0.481 e. The summed E-state index contributed by atoms with van der Waals surface area (Å²) in [5, 5.41) is 28.9. The third-order valence-corrected chi connectivity index (χ3v) is 5.64. The molecule has 0 aromatic heterocycles. The lowest BCUT2D eigenvalue weighted by atomic mass is 10.1. The second-order valence-corrected chi connectivity index (χ2v) is 7.92. The highest BCUT2D eigenvalue weighted by Gasteiger charge is 2.43. The molecule has 0 aromatic carbocycles. The van der Waals surface area contributed by atoms with Crippen molar-refractivity contribution in [2.45, 2.75) is 69.1 Å². The molecule has 0 spiro atoms. The van der Waals surface area contributed by atoms with Gasteiger partial charge in [0.2, 0.25) is 17.7 Å². The number of hydrogen-bond acceptors (Lipinski definition) is 7. The van der Waals surface area contributed by atoms with Crippen molar-refractivity contribution in [2.24, 2.45) is 5.73 Å². The van der Waals surface area contributed by atoms with E-state index in [0.717, 1.165) is 0 Å². The molecule has 2 aliphatic rings. The van der Waals surface area contributed by atoms with Crippen LogP contribution in [0.1, 0.15) is 44.9 Å². The lowest BCUT2D eigenvalue weighted by Gasteiger charge is -2.32. The zero-order valence-corrected chi connectivity index (χ0v) is 17.4. The van der Waals surface area contributed by atoms with Crippen molar-refractivity contribution >= 4 is 35.6 Å². The van der Waals surface area contributed by atoms with Gasteiger partial charge in [0.15, 0.2) is 0 Å². The van der Waals surface area contributed by atoms with Crippen LogP contribution in [0.25, 0.3) is 0 Å². The Hall–Kier alpha value is -3.22. The molecular weight excluding hydrogens is 428 g/mol. The number of nitrogens with one attached hydrogen (secondary N) is 1. The fraction of sp³-hybridized carbons (Fsp3) is 0.684. The molecule has 13 nitrogen and oxygen atoms in total. The summed E-state index contributed by atoms with van der Waals surface area (Å²) in [6.45, 7) is 0.512. The van der Waals surface area contributed by atoms with Crippen LogP contribution in [0.5, 0.6) is 0 Å². The topological polar surface area (TPSA) is 208 Å². The van der Waals surface area contributed by atoms with Crippen LogP contribution in [-0.4, -0.2) is 98.0 Å². The van der Waals surface area contributed by atoms with Gasteiger partial charge in [-0.25, -0.2) is 4.79 Å². The van der Waals surface area contributed by atoms with Crippen LogP contribution in [0.2, 0.25) is 0 Å². The summed E-state index contributed by atoms with van der Waals surface area (Å²) in [4.78, 5) is 73.9. The number of hydrogen-bond donors (Lipinski definition) is 5. The first-order chi connectivity index (χ1) is 15.0. The molecule has 2 saturated heterocycles. The van der Waals surface area contributed by atoms with E-state index in [1.165, 1.54) is 9.80 Å². The Labute approximate surface area is 183 Å². The number of carboxylic acid groups (broad SMARTS) is 3. The zero-order valence-electron chi connectivity index (χ0n) is 17.4. The number of nitrogens with two attached hydrogens (primary N) is 1. The van der Waals surface area contributed by atoms with Crippen LogP contribution in [0.15, 0.2) is 0 Å². The molecule has 0 aliphatic carbocycles. The van der Waals surface area contributed by atoms with Gasteiger partial charge in [0.25, 0.3) is 0 Å². The molecule has 0 bridgehead atoms. The highest BCUT2D eigenvalue weighted by molar-refractivity contribution is 5.95. The summed E-state index contributed by atoms with van der Waals surface area (Å²) >= 11 is 0. The monoisotopic (exact) mass is 456 g/mol. The third kappa shape index (κ3) is 6.15. The van der Waals surface area contributed by atoms with E-state index in [4.69, 9.17) is 21.1 Å². The fourth-order valence-electron chi connectivity index (χ4n) is 4.04. The number of carbonyl (C=O) groups excluding carboxylic acids is 3. The Morgan fingerprint density at radius 1 is 0.906 bits per heavy atom. The highest BCUT2D eigenvalue weighted by Crippen LogP contribution is 2.26. The molecule has 2 fully saturated rings. The maximum absolute atomic E-state index is 13.2. The van der Waals surface area contributed by atoms with E-state index in [1.54, 1.807) is 0 Å². The first-order valence-electron chi connectivity index (χ1n) is 10.4. The number of aliphatic carboxylic acids is 3. The maximum atomic E-state index is 13.2. The molecule has 0 radical (unpaired) electrons. The molecule has 4 unspecified atom stereocenters. The van der Waals surface area contributed by atoms with Crippen molar-refractivity contribution in [1.82, 2.24) is 15.1 Å². The molecular formula is C19H28N4O9. The lowest BCUT2D eigenvalue weighted by molar-refractivity contribution is -0.149. The van der Waals surface area contributed by atoms with Crippen molar-refractivity contribution in [3.05, 3.63) is 0 Å². The van der Waals surface area contributed by atoms with E-state index in [-0.39, 0.29) is 32.4 Å². The second kappa shape index (κ2) is 10.9. The van der Waals surface area contributed by atoms with Gasteiger partial charge in [0.05, 0.1) is 12.5 Å². The van der Waals surface area contributed by atoms with E-state index in [1.807, 2.05) is 0 Å². The summed E-state index contributed by atoms with van der Waals surface area (Å²) in [6.07, 6.45) is 0.501. The molecule has 178 valence electrons. The van der Waals surface area contributed by atoms with E-state index in [0.29, 0.717) is 19.3 Å². The van der Waals surface area contributed by atoms with E-state index in [9.17, 15) is 28.8 Å². The van der Waals surface area contributed by atoms with Crippen LogP contribution >= 0.6 is 0 Å². The largest absolute Gasteiger partial charge is 0.481 e. The number of amides is 3. The third-order valence-electron chi connectivity index (χ3n) is 5.64. The van der Waals surface area contributed by atoms with Crippen molar-refractivity contribution in [3.8, 4) is 0 Å². The van der Waals surface area contributed by atoms with Gasteiger partial charge in [-0.3, -0.25) is 24.0 Å². The number of carbonyl (C=O) groups is 6. The molecule has 2 rings (SSSR count). The smallest absolute Gasteiger partial charge is 0.326 e. The van der Waals surface area contributed by atoms with Crippen LogP contribution < -0.4 is 11.1 Å². The molecule has 4 atom stereocenters. The van der Waals surface area contributed by atoms with Gasteiger partial charge in [0.1, 0.15) is 18.1 Å². The molecule has 2 aliphatic heterocycles. The SMILES string of the molecule is NC(CCC(=O)O)C(=O)N1CCCC1C(=O)N1CCCC1C(=O)NC(CC(=O)O)C(=O)O. The Morgan fingerprint density at radius 2 is 1.50 bits per heavy atom. The molecule has 32 heavy (non-hydrogen) atoms. The fourth-order valence-corrected chi connectivity index (χ4v) is 4.04. The Morgan fingerprint density at radius 3 is 2.06 bits per heavy atom. The van der Waals surface area contributed by atoms with Crippen LogP contribution in [0, 0.1) is 0 Å². The van der Waals surface area contributed by atoms with Gasteiger partial charge in [-0.2, -0.15) is 0 Å². The Balaban J connectivity index is 2.07. The summed E-state index contributed by atoms with van der Waals surface area (Å²) < 4.78 is 0. The average Bonchev–Trinajstić information content (AvgIpc) is 3.39. The van der Waals surface area contributed by atoms with Crippen molar-refractivity contribution in [1.29, 1.82) is 0 Å². The molecule has 13 heteroatoms. The predicted molar refractivity (Wildman–Crippen MR) is 106 cm³/mol. The van der Waals surface area contributed by atoms with Crippen LogP contribution in [0.4, 0.5) is 0 Å². The average molecular weight is 456 g/mol. The quantitative estimate of drug-likeness (QED) is 0.249. The first kappa shape index (κ1) is 25.0. The molecule has 0 aromatic rings. The molecule has 3 amide bonds. The summed E-state index contributed by atoms with van der Waals surface area (Å²) in [5.74, 6) is -5.75. The van der Waals surface area contributed by atoms with E-state index >= 15 is 0 Å². The first-order valence-corrected chi connectivity index (χ1v) is 10.4. The minimum absolute atomic E-state index is 0.0690. The van der Waals surface area contributed by atoms with Gasteiger partial charge in [-0.05, 0) is 32.1 Å². The summed E-state index contributed by atoms with van der Waals surface area (Å²) in [6, 6.07) is -4.52. The van der Waals surface area contributed by atoms with Gasteiger partial charge in [-0.15, -0.1) is 0 Å². The van der Waals surface area contributed by atoms with Crippen LogP contribution in [0.3, 0.4) is 0 Å². The van der Waals surface area contributed by atoms with Gasteiger partial charge in [-0.1, -0.05) is 0 Å². The Kier molecular flexibility index (Phi) is 8.52. The van der Waals surface area contributed by atoms with Crippen LogP contribution in [-0.2, 0) is 28.8 Å². The predicted octanol–water partition coefficient (Wildman–Crippen LogP) is -1.80. The number of rotatable bonds is 10. The number of nitrogens with zero attached hydrogens (tertiary/aromatic N) is 2. The van der Waals surface area contributed by atoms with Gasteiger partial charge < -0.3 is 36.2 Å². The molecule has 2 heterocycles. The zero-order chi connectivity index (χ0) is 24.0. The van der Waals surface area contributed by atoms with Gasteiger partial charge in [0, 0.05) is 19.5 Å². The highest BCUT2D eigenvalue weighted by atomic mass is 16.4. The maximum Gasteiger partial charge on any atom is 0.326 e. The Bertz CT molecular complexity index is 787.